The van der Waals surface area contributed by atoms with Gasteiger partial charge in [0, 0.05) is 29.7 Å². The lowest BCUT2D eigenvalue weighted by Gasteiger charge is -2.29. The summed E-state index contributed by atoms with van der Waals surface area (Å²) in [4.78, 5) is 62.8. The summed E-state index contributed by atoms with van der Waals surface area (Å²) in [6.07, 6.45) is -0.344. The van der Waals surface area contributed by atoms with Crippen LogP contribution in [0.25, 0.3) is 0 Å². The van der Waals surface area contributed by atoms with E-state index in [9.17, 15) is 29.3 Å². The number of nitro benzene ring substituents is 1. The van der Waals surface area contributed by atoms with E-state index in [-0.39, 0.29) is 23.4 Å². The van der Waals surface area contributed by atoms with E-state index in [2.05, 4.69) is 5.43 Å². The third-order valence-electron chi connectivity index (χ3n) is 5.02. The maximum absolute atomic E-state index is 13.2. The summed E-state index contributed by atoms with van der Waals surface area (Å²) in [5.41, 5.74) is 2.26. The van der Waals surface area contributed by atoms with Gasteiger partial charge in [-0.2, -0.15) is 0 Å². The molecule has 1 unspecified atom stereocenters. The number of non-ortho nitro benzene ring substituents is 1. The fourth-order valence-corrected chi connectivity index (χ4v) is 3.34. The zero-order chi connectivity index (χ0) is 24.3. The van der Waals surface area contributed by atoms with E-state index in [1.807, 2.05) is 0 Å². The molecule has 1 N–H and O–H groups in total. The van der Waals surface area contributed by atoms with Crippen molar-refractivity contribution in [2.75, 3.05) is 12.0 Å². The first kappa shape index (κ1) is 23.4. The Kier molecular flexibility index (Phi) is 6.71. The van der Waals surface area contributed by atoms with Gasteiger partial charge in [0.25, 0.3) is 17.5 Å². The zero-order valence-corrected chi connectivity index (χ0v) is 18.2. The number of carbonyl (C=O) groups excluding carboxylic acids is 4. The van der Waals surface area contributed by atoms with Crippen LogP contribution in [0.3, 0.4) is 0 Å². The fraction of sp³-hybridized carbons (Fsp3) is 0.273. The van der Waals surface area contributed by atoms with Gasteiger partial charge >= 0.3 is 0 Å². The molecule has 172 valence electrons. The second-order valence-electron chi connectivity index (χ2n) is 7.60. The van der Waals surface area contributed by atoms with Crippen molar-refractivity contribution in [3.8, 4) is 5.75 Å². The van der Waals surface area contributed by atoms with E-state index in [0.717, 1.165) is 16.0 Å². The Morgan fingerprint density at radius 3 is 2.52 bits per heavy atom. The molecule has 4 amide bonds. The largest absolute Gasteiger partial charge is 0.497 e. The SMILES string of the molecule is COc1cccc(N2C(=O)CC(N(NC(=O)c3cccc([N+](=O)[O-])c3)C(=O)C(C)C)C2=O)c1. The highest BCUT2D eigenvalue weighted by Gasteiger charge is 2.45. The maximum Gasteiger partial charge on any atom is 0.270 e. The Morgan fingerprint density at radius 2 is 1.88 bits per heavy atom. The number of nitrogens with one attached hydrogen (secondary N) is 1. The van der Waals surface area contributed by atoms with Gasteiger partial charge in [-0.3, -0.25) is 34.7 Å². The zero-order valence-electron chi connectivity index (χ0n) is 18.2. The van der Waals surface area contributed by atoms with Crippen LogP contribution in [-0.4, -0.2) is 46.7 Å². The van der Waals surface area contributed by atoms with Gasteiger partial charge in [-0.25, -0.2) is 9.91 Å². The van der Waals surface area contributed by atoms with Crippen molar-refractivity contribution < 1.29 is 28.8 Å². The van der Waals surface area contributed by atoms with Crippen molar-refractivity contribution in [2.24, 2.45) is 5.92 Å². The number of benzene rings is 2. The Morgan fingerprint density at radius 1 is 1.18 bits per heavy atom. The van der Waals surface area contributed by atoms with E-state index < -0.39 is 40.5 Å². The van der Waals surface area contributed by atoms with Gasteiger partial charge in [0.15, 0.2) is 0 Å². The molecular weight excluding hydrogens is 432 g/mol. The Bertz CT molecular complexity index is 1130. The Balaban J connectivity index is 1.91. The van der Waals surface area contributed by atoms with Gasteiger partial charge in [-0.1, -0.05) is 26.0 Å². The maximum atomic E-state index is 13.2. The molecular formula is C22H22N4O7. The van der Waals surface area contributed by atoms with Crippen LogP contribution >= 0.6 is 0 Å². The number of ether oxygens (including phenoxy) is 1. The standard InChI is InChI=1S/C22H22N4O7/c1-13(2)21(29)25(23-20(28)14-6-4-8-16(10-14)26(31)32)18-12-19(27)24(22(18)30)15-7-5-9-17(11-15)33-3/h4-11,13,18H,12H2,1-3H3,(H,23,28). The summed E-state index contributed by atoms with van der Waals surface area (Å²) in [5.74, 6) is -2.83. The molecule has 11 nitrogen and oxygen atoms in total. The Labute approximate surface area is 189 Å². The van der Waals surface area contributed by atoms with Crippen LogP contribution in [0.4, 0.5) is 11.4 Å². The van der Waals surface area contributed by atoms with Crippen molar-refractivity contribution in [3.05, 3.63) is 64.2 Å². The van der Waals surface area contributed by atoms with Crippen molar-refractivity contribution in [1.82, 2.24) is 10.4 Å². The first-order valence-electron chi connectivity index (χ1n) is 10.0. The van der Waals surface area contributed by atoms with Gasteiger partial charge in [-0.15, -0.1) is 0 Å². The quantitative estimate of drug-likeness (QED) is 0.400. The molecule has 11 heteroatoms. The highest BCUT2D eigenvalue weighted by molar-refractivity contribution is 6.23. The van der Waals surface area contributed by atoms with Gasteiger partial charge in [0.05, 0.1) is 24.1 Å². The minimum absolute atomic E-state index is 0.0767. The normalized spacial score (nSPS) is 15.5. The molecule has 0 bridgehead atoms. The summed E-state index contributed by atoms with van der Waals surface area (Å²) < 4.78 is 5.14. The molecule has 0 radical (unpaired) electrons. The molecule has 2 aromatic rings. The molecule has 33 heavy (non-hydrogen) atoms. The lowest BCUT2D eigenvalue weighted by molar-refractivity contribution is -0.384. The molecule has 2 aromatic carbocycles. The van der Waals surface area contributed by atoms with Crippen molar-refractivity contribution in [3.63, 3.8) is 0 Å². The van der Waals surface area contributed by atoms with Gasteiger partial charge in [0.2, 0.25) is 11.8 Å². The molecule has 1 heterocycles. The number of methoxy groups -OCH3 is 1. The van der Waals surface area contributed by atoms with Gasteiger partial charge in [-0.05, 0) is 18.2 Å². The molecule has 1 atom stereocenters. The number of anilines is 1. The summed E-state index contributed by atoms with van der Waals surface area (Å²) in [5, 5.41) is 11.9. The van der Waals surface area contributed by atoms with Gasteiger partial charge < -0.3 is 4.74 Å². The Hall–Kier alpha value is -4.28. The fourth-order valence-electron chi connectivity index (χ4n) is 3.34. The second kappa shape index (κ2) is 9.47. The van der Waals surface area contributed by atoms with Crippen LogP contribution in [0.2, 0.25) is 0 Å². The van der Waals surface area contributed by atoms with E-state index in [1.54, 1.807) is 32.0 Å². The van der Waals surface area contributed by atoms with Crippen molar-refractivity contribution in [2.45, 2.75) is 26.3 Å². The summed E-state index contributed by atoms with van der Waals surface area (Å²) in [6.45, 7) is 3.16. The molecule has 1 saturated heterocycles. The number of nitro groups is 1. The second-order valence-corrected chi connectivity index (χ2v) is 7.60. The first-order valence-corrected chi connectivity index (χ1v) is 10.0. The number of rotatable bonds is 6. The number of hydrogen-bond acceptors (Lipinski definition) is 7. The number of nitrogens with zero attached hydrogens (tertiary/aromatic N) is 3. The smallest absolute Gasteiger partial charge is 0.270 e. The molecule has 1 fully saturated rings. The number of hydrazine groups is 1. The topological polar surface area (TPSA) is 139 Å². The van der Waals surface area contributed by atoms with Crippen LogP contribution in [0.15, 0.2) is 48.5 Å². The van der Waals surface area contributed by atoms with Crippen molar-refractivity contribution >= 4 is 35.0 Å². The molecule has 0 spiro atoms. The molecule has 0 aromatic heterocycles. The van der Waals surface area contributed by atoms with Crippen LogP contribution < -0.4 is 15.1 Å². The first-order chi connectivity index (χ1) is 15.6. The molecule has 1 aliphatic heterocycles. The predicted octanol–water partition coefficient (Wildman–Crippen LogP) is 2.06. The molecule has 3 rings (SSSR count). The molecule has 1 aliphatic rings. The number of hydrogen-bond donors (Lipinski definition) is 1. The molecule has 0 saturated carbocycles. The van der Waals surface area contributed by atoms with E-state index in [0.29, 0.717) is 5.75 Å². The van der Waals surface area contributed by atoms with E-state index >= 15 is 0 Å². The highest BCUT2D eigenvalue weighted by Crippen LogP contribution is 2.28. The summed E-state index contributed by atoms with van der Waals surface area (Å²) in [7, 11) is 1.45. The van der Waals surface area contributed by atoms with Gasteiger partial charge in [0.1, 0.15) is 11.8 Å². The number of imide groups is 1. The van der Waals surface area contributed by atoms with Crippen LogP contribution in [0.5, 0.6) is 5.75 Å². The van der Waals surface area contributed by atoms with Crippen molar-refractivity contribution in [1.29, 1.82) is 0 Å². The third kappa shape index (κ3) is 4.81. The minimum atomic E-state index is -1.28. The van der Waals surface area contributed by atoms with Crippen LogP contribution in [0, 0.1) is 16.0 Å². The number of amides is 4. The van der Waals surface area contributed by atoms with Crippen LogP contribution in [0.1, 0.15) is 30.6 Å². The third-order valence-corrected chi connectivity index (χ3v) is 5.02. The highest BCUT2D eigenvalue weighted by atomic mass is 16.6. The average Bonchev–Trinajstić information content (AvgIpc) is 3.10. The minimum Gasteiger partial charge on any atom is -0.497 e. The lowest BCUT2D eigenvalue weighted by Crippen LogP contribution is -2.55. The lowest BCUT2D eigenvalue weighted by atomic mass is 10.1. The monoisotopic (exact) mass is 454 g/mol. The predicted molar refractivity (Wildman–Crippen MR) is 116 cm³/mol. The average molecular weight is 454 g/mol. The van der Waals surface area contributed by atoms with E-state index in [4.69, 9.17) is 4.74 Å². The summed E-state index contributed by atoms with van der Waals surface area (Å²) >= 11 is 0. The number of carbonyl (C=O) groups is 4. The van der Waals surface area contributed by atoms with Crippen LogP contribution in [-0.2, 0) is 14.4 Å². The van der Waals surface area contributed by atoms with E-state index in [1.165, 1.54) is 31.4 Å². The molecule has 0 aliphatic carbocycles. The summed E-state index contributed by atoms with van der Waals surface area (Å²) in [6, 6.07) is 9.99.